The van der Waals surface area contributed by atoms with Gasteiger partial charge in [0.2, 0.25) is 5.82 Å². The highest BCUT2D eigenvalue weighted by Gasteiger charge is 2.35. The lowest BCUT2D eigenvalue weighted by molar-refractivity contribution is -0.131. The number of Topliss-reactive ketones (excluding diaryl/α,β-unsaturated/α-hetero) is 1. The van der Waals surface area contributed by atoms with E-state index in [9.17, 15) is 14.4 Å². The number of carbonyl (C=O) groups is 3. The summed E-state index contributed by atoms with van der Waals surface area (Å²) in [4.78, 5) is 44.1. The Morgan fingerprint density at radius 1 is 1.09 bits per heavy atom. The molecule has 3 aromatic rings. The van der Waals surface area contributed by atoms with Crippen LogP contribution in [0.2, 0.25) is 5.15 Å². The van der Waals surface area contributed by atoms with Crippen molar-refractivity contribution in [2.45, 2.75) is 32.5 Å². The van der Waals surface area contributed by atoms with Gasteiger partial charge in [-0.3, -0.25) is 14.5 Å². The number of amides is 1. The Hall–Kier alpha value is -3.44. The Labute approximate surface area is 187 Å². The number of halogens is 1. The third kappa shape index (κ3) is 4.04. The number of aromatic nitrogens is 5. The molecule has 3 heterocycles. The van der Waals surface area contributed by atoms with Crippen molar-refractivity contribution < 1.29 is 19.5 Å². The second-order valence-electron chi connectivity index (χ2n) is 7.69. The van der Waals surface area contributed by atoms with E-state index in [-0.39, 0.29) is 28.7 Å². The van der Waals surface area contributed by atoms with Gasteiger partial charge >= 0.3 is 11.8 Å². The fourth-order valence-corrected chi connectivity index (χ4v) is 3.93. The van der Waals surface area contributed by atoms with Gasteiger partial charge in [-0.05, 0) is 19.4 Å². The summed E-state index contributed by atoms with van der Waals surface area (Å²) in [6, 6.07) is 10.0. The molecule has 1 amide bonds. The van der Waals surface area contributed by atoms with Gasteiger partial charge in [0, 0.05) is 31.7 Å². The quantitative estimate of drug-likeness (QED) is 0.442. The molecule has 11 nitrogen and oxygen atoms in total. The lowest BCUT2D eigenvalue weighted by atomic mass is 10.1. The van der Waals surface area contributed by atoms with E-state index in [2.05, 4.69) is 37.3 Å². The number of rotatable bonds is 5. The molecular formula is C20H20ClN7O4. The lowest BCUT2D eigenvalue weighted by Gasteiger charge is -2.44. The monoisotopic (exact) mass is 457 g/mol. The first kappa shape index (κ1) is 21.8. The number of carboxylic acid groups (broad SMARTS) is 1. The van der Waals surface area contributed by atoms with E-state index in [1.807, 2.05) is 32.0 Å². The summed E-state index contributed by atoms with van der Waals surface area (Å²) in [5.41, 5.74) is 0.989. The van der Waals surface area contributed by atoms with Crippen molar-refractivity contribution in [3.63, 3.8) is 0 Å². The summed E-state index contributed by atoms with van der Waals surface area (Å²) in [6.45, 7) is 5.81. The van der Waals surface area contributed by atoms with Gasteiger partial charge < -0.3 is 10.0 Å². The maximum Gasteiger partial charge on any atom is 0.380 e. The standard InChI is InChI=1S/C20H20ClN7O4/c1-11-9-27(12(2)8-26(11)10-13-6-4-3-5-7-13)18(30)14-16(21)22-20-24-23-17(28(20)25-14)15(29)19(31)32/h3-7,11-12H,8-10H2,1-2H3,(H,31,32)/t11-,12+/m0/s1. The third-order valence-electron chi connectivity index (χ3n) is 5.42. The van der Waals surface area contributed by atoms with Crippen molar-refractivity contribution in [1.29, 1.82) is 0 Å². The summed E-state index contributed by atoms with van der Waals surface area (Å²) in [7, 11) is 0. The first-order chi connectivity index (χ1) is 15.3. The Bertz CT molecular complexity index is 1200. The van der Waals surface area contributed by atoms with Crippen molar-refractivity contribution in [1.82, 2.24) is 34.6 Å². The van der Waals surface area contributed by atoms with Gasteiger partial charge in [-0.15, -0.1) is 10.2 Å². The number of nitrogens with zero attached hydrogens (tertiary/aromatic N) is 7. The van der Waals surface area contributed by atoms with Crippen LogP contribution in [0, 0.1) is 0 Å². The highest BCUT2D eigenvalue weighted by molar-refractivity contribution is 6.38. The second kappa shape index (κ2) is 8.60. The van der Waals surface area contributed by atoms with Crippen LogP contribution in [0.3, 0.4) is 0 Å². The molecule has 12 heteroatoms. The van der Waals surface area contributed by atoms with Crippen LogP contribution in [-0.4, -0.2) is 82.5 Å². The molecule has 0 radical (unpaired) electrons. The van der Waals surface area contributed by atoms with Gasteiger partial charge in [0.25, 0.3) is 11.7 Å². The molecular weight excluding hydrogens is 438 g/mol. The lowest BCUT2D eigenvalue weighted by Crippen LogP contribution is -2.57. The Balaban J connectivity index is 1.59. The SMILES string of the molecule is C[C@@H]1CN(Cc2ccccc2)[C@@H](C)CN1C(=O)c1nn2c(C(=O)C(=O)O)nnc2nc1Cl. The zero-order valence-corrected chi connectivity index (χ0v) is 18.1. The molecule has 1 N–H and O–H groups in total. The topological polar surface area (TPSA) is 134 Å². The van der Waals surface area contributed by atoms with Gasteiger partial charge in [-0.1, -0.05) is 41.9 Å². The average molecular weight is 458 g/mol. The van der Waals surface area contributed by atoms with E-state index in [1.54, 1.807) is 4.90 Å². The van der Waals surface area contributed by atoms with Gasteiger partial charge in [-0.25, -0.2) is 4.79 Å². The number of aliphatic carboxylic acids is 1. The summed E-state index contributed by atoms with van der Waals surface area (Å²) in [5, 5.41) is 20.0. The molecule has 2 aromatic heterocycles. The van der Waals surface area contributed by atoms with Gasteiger partial charge in [-0.2, -0.15) is 14.6 Å². The molecule has 1 aliphatic rings. The molecule has 1 saturated heterocycles. The highest BCUT2D eigenvalue weighted by atomic mass is 35.5. The van der Waals surface area contributed by atoms with Crippen LogP contribution in [-0.2, 0) is 11.3 Å². The summed E-state index contributed by atoms with van der Waals surface area (Å²) < 4.78 is 0.829. The zero-order valence-electron chi connectivity index (χ0n) is 17.3. The number of ketones is 1. The third-order valence-corrected chi connectivity index (χ3v) is 5.69. The van der Waals surface area contributed by atoms with Crippen molar-refractivity contribution in [2.24, 2.45) is 0 Å². The van der Waals surface area contributed by atoms with Gasteiger partial charge in [0.1, 0.15) is 0 Å². The van der Waals surface area contributed by atoms with Crippen LogP contribution in [0.4, 0.5) is 0 Å². The molecule has 0 saturated carbocycles. The predicted octanol–water partition coefficient (Wildman–Crippen LogP) is 1.18. The Kier molecular flexibility index (Phi) is 5.85. The molecule has 2 atom stereocenters. The number of carbonyl (C=O) groups excluding carboxylic acids is 2. The largest absolute Gasteiger partial charge is 0.475 e. The predicted molar refractivity (Wildman–Crippen MR) is 112 cm³/mol. The van der Waals surface area contributed by atoms with Crippen molar-refractivity contribution >= 4 is 35.0 Å². The molecule has 0 spiro atoms. The van der Waals surface area contributed by atoms with E-state index < -0.39 is 23.5 Å². The number of fused-ring (bicyclic) bond motifs is 1. The minimum Gasteiger partial charge on any atom is -0.475 e. The van der Waals surface area contributed by atoms with E-state index in [0.29, 0.717) is 13.1 Å². The first-order valence-corrected chi connectivity index (χ1v) is 10.3. The van der Waals surface area contributed by atoms with Crippen molar-refractivity contribution in [3.05, 3.63) is 52.6 Å². The molecule has 0 aliphatic carbocycles. The van der Waals surface area contributed by atoms with E-state index in [0.717, 1.165) is 11.1 Å². The van der Waals surface area contributed by atoms with Crippen LogP contribution >= 0.6 is 11.6 Å². The van der Waals surface area contributed by atoms with Crippen LogP contribution in [0.15, 0.2) is 30.3 Å². The fourth-order valence-electron chi connectivity index (χ4n) is 3.74. The van der Waals surface area contributed by atoms with Crippen molar-refractivity contribution in [2.75, 3.05) is 13.1 Å². The molecule has 4 rings (SSSR count). The number of hydrogen-bond donors (Lipinski definition) is 1. The summed E-state index contributed by atoms with van der Waals surface area (Å²) in [5.74, 6) is -4.24. The molecule has 1 aliphatic heterocycles. The van der Waals surface area contributed by atoms with Crippen LogP contribution in [0.25, 0.3) is 5.78 Å². The normalized spacial score (nSPS) is 19.3. The van der Waals surface area contributed by atoms with E-state index in [1.165, 1.54) is 5.56 Å². The summed E-state index contributed by atoms with van der Waals surface area (Å²) >= 11 is 6.17. The number of benzene rings is 1. The van der Waals surface area contributed by atoms with Crippen LogP contribution in [0.5, 0.6) is 0 Å². The second-order valence-corrected chi connectivity index (χ2v) is 8.05. The molecule has 32 heavy (non-hydrogen) atoms. The number of piperazine rings is 1. The number of hydrogen-bond acceptors (Lipinski definition) is 8. The minimum absolute atomic E-state index is 0.0740. The van der Waals surface area contributed by atoms with E-state index >= 15 is 0 Å². The molecule has 1 aromatic carbocycles. The molecule has 166 valence electrons. The molecule has 1 fully saturated rings. The van der Waals surface area contributed by atoms with Gasteiger partial charge in [0.15, 0.2) is 10.8 Å². The molecule has 0 unspecified atom stereocenters. The first-order valence-electron chi connectivity index (χ1n) is 9.91. The van der Waals surface area contributed by atoms with Crippen molar-refractivity contribution in [3.8, 4) is 0 Å². The zero-order chi connectivity index (χ0) is 23.0. The van der Waals surface area contributed by atoms with E-state index in [4.69, 9.17) is 16.7 Å². The Morgan fingerprint density at radius 3 is 2.50 bits per heavy atom. The maximum absolute atomic E-state index is 13.3. The minimum atomic E-state index is -1.72. The van der Waals surface area contributed by atoms with Gasteiger partial charge in [0.05, 0.1) is 0 Å². The smallest absolute Gasteiger partial charge is 0.380 e. The summed E-state index contributed by atoms with van der Waals surface area (Å²) in [6.07, 6.45) is 0. The fraction of sp³-hybridized carbons (Fsp3) is 0.350. The maximum atomic E-state index is 13.3. The van der Waals surface area contributed by atoms with Crippen LogP contribution < -0.4 is 0 Å². The highest BCUT2D eigenvalue weighted by Crippen LogP contribution is 2.22. The molecule has 0 bridgehead atoms. The van der Waals surface area contributed by atoms with Crippen LogP contribution in [0.1, 0.15) is 40.5 Å². The Morgan fingerprint density at radius 2 is 1.81 bits per heavy atom. The number of carboxylic acids is 1. The average Bonchev–Trinajstić information content (AvgIpc) is 3.17.